The number of piperidine rings is 1. The summed E-state index contributed by atoms with van der Waals surface area (Å²) in [6, 6.07) is 2.63. The summed E-state index contributed by atoms with van der Waals surface area (Å²) in [6.45, 7) is 5.26. The lowest BCUT2D eigenvalue weighted by Gasteiger charge is -2.41. The minimum atomic E-state index is -5.06. The molecule has 1 aliphatic rings. The fourth-order valence-corrected chi connectivity index (χ4v) is 2.93. The molecule has 10 heteroatoms. The van der Waals surface area contributed by atoms with Gasteiger partial charge in [-0.2, -0.15) is 18.4 Å². The molecule has 0 radical (unpaired) electrons. The van der Waals surface area contributed by atoms with Crippen molar-refractivity contribution in [2.24, 2.45) is 0 Å². The van der Waals surface area contributed by atoms with Crippen LogP contribution in [-0.4, -0.2) is 47.3 Å². The average molecular weight is 398 g/mol. The second-order valence-corrected chi connectivity index (χ2v) is 7.41. The standard InChI is InChI=1S/C18H21F3N4O3/c1-17(2,3)28-15(26)14-12(24-16(27)18(19,20)21)5-4-8-25(14)13-7-6-11(9-22)10-23-13/h6-7,10,12,14H,4-5,8H2,1-3H3,(H,24,27). The van der Waals surface area contributed by atoms with E-state index in [1.165, 1.54) is 23.2 Å². The molecule has 0 aliphatic carbocycles. The number of ether oxygens (including phenoxy) is 1. The van der Waals surface area contributed by atoms with E-state index >= 15 is 0 Å². The second kappa shape index (κ2) is 8.04. The van der Waals surface area contributed by atoms with E-state index in [9.17, 15) is 22.8 Å². The summed E-state index contributed by atoms with van der Waals surface area (Å²) in [5.41, 5.74) is -0.562. The number of amides is 1. The first-order valence-corrected chi connectivity index (χ1v) is 8.66. The number of nitriles is 1. The van der Waals surface area contributed by atoms with E-state index < -0.39 is 35.7 Å². The molecule has 2 rings (SSSR count). The van der Waals surface area contributed by atoms with Crippen LogP contribution in [0.2, 0.25) is 0 Å². The Bertz CT molecular complexity index is 766. The third kappa shape index (κ3) is 5.34. The maximum Gasteiger partial charge on any atom is 0.471 e. The van der Waals surface area contributed by atoms with E-state index in [0.29, 0.717) is 24.3 Å². The zero-order valence-electron chi connectivity index (χ0n) is 15.7. The molecule has 1 aromatic heterocycles. The quantitative estimate of drug-likeness (QED) is 0.785. The first kappa shape index (κ1) is 21.5. The monoisotopic (exact) mass is 398 g/mol. The van der Waals surface area contributed by atoms with Crippen molar-refractivity contribution in [3.63, 3.8) is 0 Å². The lowest BCUT2D eigenvalue weighted by Crippen LogP contribution is -2.61. The van der Waals surface area contributed by atoms with Crippen LogP contribution in [0.5, 0.6) is 0 Å². The largest absolute Gasteiger partial charge is 0.471 e. The molecule has 0 spiro atoms. The van der Waals surface area contributed by atoms with Gasteiger partial charge in [0, 0.05) is 12.7 Å². The van der Waals surface area contributed by atoms with Gasteiger partial charge in [0.05, 0.1) is 11.6 Å². The second-order valence-electron chi connectivity index (χ2n) is 7.41. The number of hydrogen-bond acceptors (Lipinski definition) is 6. The number of esters is 1. The smallest absolute Gasteiger partial charge is 0.458 e. The number of alkyl halides is 3. The Kier molecular flexibility index (Phi) is 6.17. The highest BCUT2D eigenvalue weighted by Crippen LogP contribution is 2.27. The molecular formula is C18H21F3N4O3. The van der Waals surface area contributed by atoms with Crippen molar-refractivity contribution in [2.75, 3.05) is 11.4 Å². The van der Waals surface area contributed by atoms with Crippen LogP contribution in [0.25, 0.3) is 0 Å². The Hall–Kier alpha value is -2.83. The lowest BCUT2D eigenvalue weighted by molar-refractivity contribution is -0.175. The van der Waals surface area contributed by atoms with Crippen LogP contribution in [-0.2, 0) is 14.3 Å². The zero-order valence-corrected chi connectivity index (χ0v) is 15.7. The number of aromatic nitrogens is 1. The Morgan fingerprint density at radius 1 is 1.32 bits per heavy atom. The van der Waals surface area contributed by atoms with Crippen LogP contribution in [0.1, 0.15) is 39.2 Å². The molecule has 2 unspecified atom stereocenters. The summed E-state index contributed by atoms with van der Waals surface area (Å²) in [6.07, 6.45) is -3.14. The summed E-state index contributed by atoms with van der Waals surface area (Å²) in [5, 5.41) is 10.8. The summed E-state index contributed by atoms with van der Waals surface area (Å²) in [4.78, 5) is 29.9. The molecule has 0 saturated carbocycles. The van der Waals surface area contributed by atoms with Gasteiger partial charge in [0.1, 0.15) is 23.5 Å². The number of rotatable bonds is 3. The Labute approximate surface area is 160 Å². The number of halogens is 3. The highest BCUT2D eigenvalue weighted by atomic mass is 19.4. The molecule has 1 amide bonds. The van der Waals surface area contributed by atoms with Gasteiger partial charge in [0.2, 0.25) is 0 Å². The average Bonchev–Trinajstić information content (AvgIpc) is 2.59. The van der Waals surface area contributed by atoms with Crippen molar-refractivity contribution in [3.05, 3.63) is 23.9 Å². The number of anilines is 1. The van der Waals surface area contributed by atoms with E-state index in [1.807, 2.05) is 11.4 Å². The SMILES string of the molecule is CC(C)(C)OC(=O)C1C(NC(=O)C(F)(F)F)CCCN1c1ccc(C#N)cn1. The maximum absolute atomic E-state index is 12.8. The number of carbonyl (C=O) groups is 2. The van der Waals surface area contributed by atoms with Crippen LogP contribution >= 0.6 is 0 Å². The maximum atomic E-state index is 12.8. The van der Waals surface area contributed by atoms with Gasteiger partial charge in [-0.1, -0.05) is 0 Å². The van der Waals surface area contributed by atoms with Crippen LogP contribution in [0, 0.1) is 11.3 Å². The summed E-state index contributed by atoms with van der Waals surface area (Å²) >= 11 is 0. The molecule has 2 heterocycles. The first-order chi connectivity index (χ1) is 12.9. The summed E-state index contributed by atoms with van der Waals surface area (Å²) in [7, 11) is 0. The molecule has 1 aliphatic heterocycles. The molecule has 0 bridgehead atoms. The number of carbonyl (C=O) groups excluding carboxylic acids is 2. The van der Waals surface area contributed by atoms with Crippen LogP contribution in [0.4, 0.5) is 19.0 Å². The molecule has 7 nitrogen and oxygen atoms in total. The number of pyridine rings is 1. The minimum absolute atomic E-state index is 0.179. The lowest BCUT2D eigenvalue weighted by atomic mass is 9.95. The van der Waals surface area contributed by atoms with E-state index in [0.717, 1.165) is 0 Å². The Morgan fingerprint density at radius 2 is 2.00 bits per heavy atom. The van der Waals surface area contributed by atoms with Crippen molar-refractivity contribution in [1.29, 1.82) is 5.26 Å². The van der Waals surface area contributed by atoms with E-state index in [-0.39, 0.29) is 6.42 Å². The van der Waals surface area contributed by atoms with Gasteiger partial charge in [-0.25, -0.2) is 9.78 Å². The van der Waals surface area contributed by atoms with Crippen molar-refractivity contribution in [2.45, 2.75) is 57.5 Å². The molecule has 152 valence electrons. The fraction of sp³-hybridized carbons (Fsp3) is 0.556. The highest BCUT2D eigenvalue weighted by molar-refractivity contribution is 5.85. The molecule has 28 heavy (non-hydrogen) atoms. The summed E-state index contributed by atoms with van der Waals surface area (Å²) < 4.78 is 43.5. The topological polar surface area (TPSA) is 95.3 Å². The molecule has 1 fully saturated rings. The number of nitrogens with one attached hydrogen (secondary N) is 1. The van der Waals surface area contributed by atoms with Crippen molar-refractivity contribution >= 4 is 17.7 Å². The molecule has 1 aromatic rings. The van der Waals surface area contributed by atoms with Gasteiger partial charge < -0.3 is 15.0 Å². The zero-order chi connectivity index (χ0) is 21.1. The van der Waals surface area contributed by atoms with Gasteiger partial charge in [0.15, 0.2) is 0 Å². The molecule has 1 N–H and O–H groups in total. The van der Waals surface area contributed by atoms with Crippen LogP contribution in [0.3, 0.4) is 0 Å². The van der Waals surface area contributed by atoms with Gasteiger partial charge >= 0.3 is 18.1 Å². The van der Waals surface area contributed by atoms with E-state index in [2.05, 4.69) is 4.98 Å². The number of nitrogens with zero attached hydrogens (tertiary/aromatic N) is 3. The fourth-order valence-electron chi connectivity index (χ4n) is 2.93. The normalized spacial score (nSPS) is 20.2. The van der Waals surface area contributed by atoms with Crippen molar-refractivity contribution < 1.29 is 27.5 Å². The molecular weight excluding hydrogens is 377 g/mol. The van der Waals surface area contributed by atoms with Crippen LogP contribution < -0.4 is 10.2 Å². The van der Waals surface area contributed by atoms with Crippen molar-refractivity contribution in [3.8, 4) is 6.07 Å². The molecule has 1 saturated heterocycles. The molecule has 0 aromatic carbocycles. The van der Waals surface area contributed by atoms with Crippen molar-refractivity contribution in [1.82, 2.24) is 10.3 Å². The minimum Gasteiger partial charge on any atom is -0.458 e. The summed E-state index contributed by atoms with van der Waals surface area (Å²) in [5.74, 6) is -2.56. The predicted octanol–water partition coefficient (Wildman–Crippen LogP) is 2.31. The predicted molar refractivity (Wildman–Crippen MR) is 93.2 cm³/mol. The highest BCUT2D eigenvalue weighted by Gasteiger charge is 2.45. The Balaban J connectivity index is 2.36. The first-order valence-electron chi connectivity index (χ1n) is 8.66. The van der Waals surface area contributed by atoms with Gasteiger partial charge in [-0.3, -0.25) is 4.79 Å². The van der Waals surface area contributed by atoms with Gasteiger partial charge in [-0.15, -0.1) is 0 Å². The molecule has 2 atom stereocenters. The van der Waals surface area contributed by atoms with Crippen LogP contribution in [0.15, 0.2) is 18.3 Å². The third-order valence-electron chi connectivity index (χ3n) is 4.02. The van der Waals surface area contributed by atoms with Gasteiger partial charge in [-0.05, 0) is 45.7 Å². The third-order valence-corrected chi connectivity index (χ3v) is 4.02. The number of hydrogen-bond donors (Lipinski definition) is 1. The van der Waals surface area contributed by atoms with E-state index in [4.69, 9.17) is 10.00 Å². The van der Waals surface area contributed by atoms with Gasteiger partial charge in [0.25, 0.3) is 0 Å². The van der Waals surface area contributed by atoms with E-state index in [1.54, 1.807) is 20.8 Å². The Morgan fingerprint density at radius 3 is 2.50 bits per heavy atom.